The monoisotopic (exact) mass is 333 g/mol. The maximum absolute atomic E-state index is 11.8. The second-order valence-corrected chi connectivity index (χ2v) is 4.98. The molecule has 0 saturated carbocycles. The largest absolute Gasteiger partial charge is 0.478 e. The standard InChI is InChI=1S/C16H16ClN3O3/c1-2-23-16-11(4-3-9-18-16)10-19-14(21)15(22)20-13-7-5-12(17)6-8-13/h3-9H,2,10H2,1H3,(H,19,21)(H,20,22). The highest BCUT2D eigenvalue weighted by molar-refractivity contribution is 6.39. The maximum Gasteiger partial charge on any atom is 0.313 e. The van der Waals surface area contributed by atoms with Crippen LogP contribution in [0.1, 0.15) is 12.5 Å². The molecule has 6 nitrogen and oxygen atoms in total. The van der Waals surface area contributed by atoms with Crippen LogP contribution < -0.4 is 15.4 Å². The number of amides is 2. The highest BCUT2D eigenvalue weighted by atomic mass is 35.5. The Bertz CT molecular complexity index is 689. The van der Waals surface area contributed by atoms with E-state index in [4.69, 9.17) is 16.3 Å². The van der Waals surface area contributed by atoms with Gasteiger partial charge in [-0.2, -0.15) is 0 Å². The van der Waals surface area contributed by atoms with Gasteiger partial charge in [0.15, 0.2) is 0 Å². The minimum atomic E-state index is -0.755. The van der Waals surface area contributed by atoms with Gasteiger partial charge in [-0.05, 0) is 37.3 Å². The van der Waals surface area contributed by atoms with E-state index in [9.17, 15) is 9.59 Å². The predicted octanol–water partition coefficient (Wildman–Crippen LogP) is 2.39. The molecule has 0 saturated heterocycles. The zero-order chi connectivity index (χ0) is 16.7. The van der Waals surface area contributed by atoms with Gasteiger partial charge in [0.1, 0.15) is 0 Å². The van der Waals surface area contributed by atoms with E-state index < -0.39 is 11.8 Å². The number of pyridine rings is 1. The van der Waals surface area contributed by atoms with Gasteiger partial charge in [-0.1, -0.05) is 17.7 Å². The molecule has 7 heteroatoms. The van der Waals surface area contributed by atoms with Crippen molar-refractivity contribution in [1.29, 1.82) is 0 Å². The lowest BCUT2D eigenvalue weighted by molar-refractivity contribution is -0.136. The van der Waals surface area contributed by atoms with Crippen LogP contribution in [0.4, 0.5) is 5.69 Å². The van der Waals surface area contributed by atoms with Crippen LogP contribution in [0.2, 0.25) is 5.02 Å². The van der Waals surface area contributed by atoms with Crippen molar-refractivity contribution in [3.05, 3.63) is 53.2 Å². The zero-order valence-electron chi connectivity index (χ0n) is 12.5. The number of nitrogens with zero attached hydrogens (tertiary/aromatic N) is 1. The van der Waals surface area contributed by atoms with Gasteiger partial charge in [0.25, 0.3) is 0 Å². The molecular weight excluding hydrogens is 318 g/mol. The van der Waals surface area contributed by atoms with Crippen molar-refractivity contribution < 1.29 is 14.3 Å². The van der Waals surface area contributed by atoms with Gasteiger partial charge < -0.3 is 15.4 Å². The van der Waals surface area contributed by atoms with Gasteiger partial charge in [0.2, 0.25) is 5.88 Å². The highest BCUT2D eigenvalue weighted by Gasteiger charge is 2.14. The van der Waals surface area contributed by atoms with Crippen molar-refractivity contribution in [2.45, 2.75) is 13.5 Å². The molecule has 23 heavy (non-hydrogen) atoms. The Morgan fingerprint density at radius 2 is 1.91 bits per heavy atom. The van der Waals surface area contributed by atoms with Gasteiger partial charge >= 0.3 is 11.8 Å². The quantitative estimate of drug-likeness (QED) is 0.823. The van der Waals surface area contributed by atoms with E-state index in [0.29, 0.717) is 28.8 Å². The molecule has 1 heterocycles. The minimum absolute atomic E-state index is 0.149. The second-order valence-electron chi connectivity index (χ2n) is 4.54. The van der Waals surface area contributed by atoms with E-state index in [-0.39, 0.29) is 6.54 Å². The number of ether oxygens (including phenoxy) is 1. The van der Waals surface area contributed by atoms with Crippen molar-refractivity contribution >= 4 is 29.1 Å². The first-order valence-electron chi connectivity index (χ1n) is 7.01. The molecule has 0 spiro atoms. The van der Waals surface area contributed by atoms with Gasteiger partial charge in [-0.25, -0.2) is 4.98 Å². The fraction of sp³-hybridized carbons (Fsp3) is 0.188. The third-order valence-corrected chi connectivity index (χ3v) is 3.13. The highest BCUT2D eigenvalue weighted by Crippen LogP contribution is 2.14. The van der Waals surface area contributed by atoms with Crippen molar-refractivity contribution in [1.82, 2.24) is 10.3 Å². The molecule has 0 radical (unpaired) electrons. The molecule has 1 aromatic carbocycles. The van der Waals surface area contributed by atoms with Crippen molar-refractivity contribution in [2.24, 2.45) is 0 Å². The van der Waals surface area contributed by atoms with Crippen molar-refractivity contribution in [3.63, 3.8) is 0 Å². The first kappa shape index (κ1) is 16.8. The number of hydrogen-bond acceptors (Lipinski definition) is 4. The Morgan fingerprint density at radius 3 is 2.61 bits per heavy atom. The molecule has 2 rings (SSSR count). The maximum atomic E-state index is 11.8. The summed E-state index contributed by atoms with van der Waals surface area (Å²) in [7, 11) is 0. The Labute approximate surface area is 138 Å². The summed E-state index contributed by atoms with van der Waals surface area (Å²) < 4.78 is 5.36. The zero-order valence-corrected chi connectivity index (χ0v) is 13.3. The number of benzene rings is 1. The number of halogens is 1. The first-order valence-corrected chi connectivity index (χ1v) is 7.39. The lowest BCUT2D eigenvalue weighted by Crippen LogP contribution is -2.35. The molecule has 120 valence electrons. The van der Waals surface area contributed by atoms with Gasteiger partial charge in [-0.15, -0.1) is 0 Å². The number of anilines is 1. The summed E-state index contributed by atoms with van der Waals surface area (Å²) in [6, 6.07) is 9.98. The van der Waals surface area contributed by atoms with Crippen LogP contribution in [0, 0.1) is 0 Å². The van der Waals surface area contributed by atoms with Crippen LogP contribution in [0.3, 0.4) is 0 Å². The topological polar surface area (TPSA) is 80.3 Å². The van der Waals surface area contributed by atoms with E-state index in [1.54, 1.807) is 42.6 Å². The predicted molar refractivity (Wildman–Crippen MR) is 87.3 cm³/mol. The Kier molecular flexibility index (Phi) is 5.94. The fourth-order valence-electron chi connectivity index (χ4n) is 1.80. The summed E-state index contributed by atoms with van der Waals surface area (Å²) >= 11 is 5.76. The van der Waals surface area contributed by atoms with Gasteiger partial charge in [-0.3, -0.25) is 9.59 Å². The number of rotatable bonds is 5. The van der Waals surface area contributed by atoms with E-state index >= 15 is 0 Å². The molecule has 2 N–H and O–H groups in total. The summed E-state index contributed by atoms with van der Waals surface area (Å²) in [5, 5.41) is 5.57. The third-order valence-electron chi connectivity index (χ3n) is 2.88. The number of carbonyl (C=O) groups is 2. The molecule has 1 aromatic heterocycles. The second kappa shape index (κ2) is 8.14. The molecule has 0 aliphatic rings. The van der Waals surface area contributed by atoms with E-state index in [0.717, 1.165) is 0 Å². The molecular formula is C16H16ClN3O3. The molecule has 0 aliphatic heterocycles. The summed E-state index contributed by atoms with van der Waals surface area (Å²) in [4.78, 5) is 27.8. The molecule has 2 aromatic rings. The third kappa shape index (κ3) is 4.96. The minimum Gasteiger partial charge on any atom is -0.478 e. The first-order chi connectivity index (χ1) is 11.1. The lowest BCUT2D eigenvalue weighted by Gasteiger charge is -2.10. The van der Waals surface area contributed by atoms with Crippen LogP contribution in [0.25, 0.3) is 0 Å². The average molecular weight is 334 g/mol. The number of aromatic nitrogens is 1. The molecule has 0 atom stereocenters. The molecule has 0 fully saturated rings. The summed E-state index contributed by atoms with van der Waals surface area (Å²) in [5.41, 5.74) is 1.19. The molecule has 0 bridgehead atoms. The number of nitrogens with one attached hydrogen (secondary N) is 2. The fourth-order valence-corrected chi connectivity index (χ4v) is 1.93. The summed E-state index contributed by atoms with van der Waals surface area (Å²) in [6.45, 7) is 2.46. The number of hydrogen-bond donors (Lipinski definition) is 2. The summed E-state index contributed by atoms with van der Waals surface area (Å²) in [5.74, 6) is -1.06. The molecule has 0 unspecified atom stereocenters. The Hall–Kier alpha value is -2.60. The molecule has 0 aliphatic carbocycles. The van der Waals surface area contributed by atoms with Crippen LogP contribution in [0.5, 0.6) is 5.88 Å². The van der Waals surface area contributed by atoms with Gasteiger partial charge in [0, 0.05) is 29.0 Å². The lowest BCUT2D eigenvalue weighted by atomic mass is 10.2. The van der Waals surface area contributed by atoms with E-state index in [1.807, 2.05) is 6.92 Å². The van der Waals surface area contributed by atoms with Crippen molar-refractivity contribution in [3.8, 4) is 5.88 Å². The van der Waals surface area contributed by atoms with Crippen LogP contribution in [-0.2, 0) is 16.1 Å². The molecule has 2 amide bonds. The van der Waals surface area contributed by atoms with Gasteiger partial charge in [0.05, 0.1) is 6.61 Å². The van der Waals surface area contributed by atoms with Crippen LogP contribution in [-0.4, -0.2) is 23.4 Å². The van der Waals surface area contributed by atoms with E-state index in [2.05, 4.69) is 15.6 Å². The summed E-state index contributed by atoms with van der Waals surface area (Å²) in [6.07, 6.45) is 1.60. The Balaban J connectivity index is 1.91. The van der Waals surface area contributed by atoms with Crippen molar-refractivity contribution in [2.75, 3.05) is 11.9 Å². The SMILES string of the molecule is CCOc1ncccc1CNC(=O)C(=O)Nc1ccc(Cl)cc1. The van der Waals surface area contributed by atoms with Crippen LogP contribution >= 0.6 is 11.6 Å². The van der Waals surface area contributed by atoms with E-state index in [1.165, 1.54) is 0 Å². The van der Waals surface area contributed by atoms with Crippen LogP contribution in [0.15, 0.2) is 42.6 Å². The average Bonchev–Trinajstić information content (AvgIpc) is 2.56. The smallest absolute Gasteiger partial charge is 0.313 e. The normalized spacial score (nSPS) is 10.0. The Morgan fingerprint density at radius 1 is 1.17 bits per heavy atom. The number of carbonyl (C=O) groups excluding carboxylic acids is 2.